The van der Waals surface area contributed by atoms with Gasteiger partial charge in [0.25, 0.3) is 0 Å². The number of amidine groups is 1. The van der Waals surface area contributed by atoms with E-state index in [1.165, 1.54) is 12.1 Å². The highest BCUT2D eigenvalue weighted by atomic mass is 32.2. The second-order valence-corrected chi connectivity index (χ2v) is 5.83. The molecule has 0 aliphatic carbocycles. The molecule has 1 atom stereocenters. The van der Waals surface area contributed by atoms with Crippen LogP contribution in [0.5, 0.6) is 0 Å². The Labute approximate surface area is 120 Å². The van der Waals surface area contributed by atoms with Crippen LogP contribution in [0.1, 0.15) is 24.8 Å². The number of nitrogens with zero attached hydrogens (tertiary/aromatic N) is 1. The van der Waals surface area contributed by atoms with Crippen LogP contribution >= 0.6 is 11.8 Å². The minimum absolute atomic E-state index is 0.103. The Bertz CT molecular complexity index is 530. The molecule has 5 nitrogen and oxygen atoms in total. The van der Waals surface area contributed by atoms with E-state index in [-0.39, 0.29) is 22.6 Å². The Balaban J connectivity index is 2.18. The minimum Gasteiger partial charge on any atom is -0.409 e. The van der Waals surface area contributed by atoms with Crippen molar-refractivity contribution >= 4 is 29.2 Å². The van der Waals surface area contributed by atoms with E-state index < -0.39 is 5.82 Å². The molecule has 1 aliphatic rings. The summed E-state index contributed by atoms with van der Waals surface area (Å²) in [5.74, 6) is 0.0789. The zero-order chi connectivity index (χ0) is 14.5. The number of hydrogen-bond acceptors (Lipinski definition) is 4. The first kappa shape index (κ1) is 14.6. The molecule has 20 heavy (non-hydrogen) atoms. The second kappa shape index (κ2) is 6.60. The highest BCUT2D eigenvalue weighted by Crippen LogP contribution is 2.27. The molecule has 7 heteroatoms. The summed E-state index contributed by atoms with van der Waals surface area (Å²) < 4.78 is 13.2. The maximum absolute atomic E-state index is 13.2. The summed E-state index contributed by atoms with van der Waals surface area (Å²) in [7, 11) is 0. The van der Waals surface area contributed by atoms with Gasteiger partial charge in [-0.2, -0.15) is 0 Å². The van der Waals surface area contributed by atoms with Gasteiger partial charge < -0.3 is 16.3 Å². The number of nitrogens with two attached hydrogens (primary N) is 1. The third-order valence-electron chi connectivity index (χ3n) is 3.10. The van der Waals surface area contributed by atoms with Crippen molar-refractivity contribution in [2.45, 2.75) is 24.5 Å². The van der Waals surface area contributed by atoms with Gasteiger partial charge in [-0.25, -0.2) is 4.39 Å². The van der Waals surface area contributed by atoms with Gasteiger partial charge in [0, 0.05) is 5.56 Å². The van der Waals surface area contributed by atoms with Crippen LogP contribution in [0.15, 0.2) is 23.4 Å². The molecular weight excluding hydrogens is 281 g/mol. The molecule has 1 fully saturated rings. The molecule has 1 heterocycles. The first-order chi connectivity index (χ1) is 9.61. The Morgan fingerprint density at radius 1 is 1.50 bits per heavy atom. The van der Waals surface area contributed by atoms with Crippen LogP contribution in [-0.2, 0) is 4.79 Å². The smallest absolute Gasteiger partial charge is 0.237 e. The van der Waals surface area contributed by atoms with E-state index in [4.69, 9.17) is 10.9 Å². The van der Waals surface area contributed by atoms with E-state index in [9.17, 15) is 9.18 Å². The number of amides is 1. The average molecular weight is 297 g/mol. The molecule has 1 aliphatic heterocycles. The van der Waals surface area contributed by atoms with Gasteiger partial charge in [0.2, 0.25) is 5.91 Å². The van der Waals surface area contributed by atoms with Gasteiger partial charge >= 0.3 is 0 Å². The lowest BCUT2D eigenvalue weighted by Crippen LogP contribution is -2.29. The maximum atomic E-state index is 13.2. The van der Waals surface area contributed by atoms with Crippen LogP contribution < -0.4 is 11.1 Å². The van der Waals surface area contributed by atoms with Crippen LogP contribution in [0.25, 0.3) is 0 Å². The molecule has 108 valence electrons. The monoisotopic (exact) mass is 297 g/mol. The molecule has 1 saturated heterocycles. The van der Waals surface area contributed by atoms with Crippen LogP contribution in [-0.4, -0.2) is 28.0 Å². The Kier molecular flexibility index (Phi) is 4.84. The summed E-state index contributed by atoms with van der Waals surface area (Å²) in [5.41, 5.74) is 6.01. The van der Waals surface area contributed by atoms with E-state index >= 15 is 0 Å². The van der Waals surface area contributed by atoms with Crippen molar-refractivity contribution in [1.29, 1.82) is 0 Å². The molecule has 0 aromatic heterocycles. The van der Waals surface area contributed by atoms with Crippen LogP contribution in [0.3, 0.4) is 0 Å². The summed E-state index contributed by atoms with van der Waals surface area (Å²) in [6, 6.07) is 3.75. The number of carbonyl (C=O) groups is 1. The highest BCUT2D eigenvalue weighted by molar-refractivity contribution is 8.00. The van der Waals surface area contributed by atoms with Crippen molar-refractivity contribution in [2.24, 2.45) is 10.9 Å². The number of nitrogens with one attached hydrogen (secondary N) is 1. The molecule has 1 aromatic carbocycles. The van der Waals surface area contributed by atoms with Crippen LogP contribution in [0.2, 0.25) is 0 Å². The molecule has 0 spiro atoms. The average Bonchev–Trinajstić information content (AvgIpc) is 2.49. The van der Waals surface area contributed by atoms with Gasteiger partial charge in [-0.05, 0) is 36.8 Å². The van der Waals surface area contributed by atoms with E-state index in [1.807, 2.05) is 0 Å². The van der Waals surface area contributed by atoms with Crippen molar-refractivity contribution in [1.82, 2.24) is 0 Å². The number of benzene rings is 1. The van der Waals surface area contributed by atoms with Gasteiger partial charge in [-0.1, -0.05) is 11.6 Å². The Morgan fingerprint density at radius 2 is 2.30 bits per heavy atom. The van der Waals surface area contributed by atoms with Gasteiger partial charge in [-0.15, -0.1) is 11.8 Å². The Hall–Kier alpha value is -1.76. The number of hydrogen-bond donors (Lipinski definition) is 3. The summed E-state index contributed by atoms with van der Waals surface area (Å²) >= 11 is 1.62. The first-order valence-corrected chi connectivity index (χ1v) is 7.36. The third kappa shape index (κ3) is 3.41. The summed E-state index contributed by atoms with van der Waals surface area (Å²) in [6.45, 7) is 0. The minimum atomic E-state index is -0.517. The lowest BCUT2D eigenvalue weighted by molar-refractivity contribution is -0.115. The molecule has 2 rings (SSSR count). The molecule has 0 bridgehead atoms. The van der Waals surface area contributed by atoms with E-state index in [1.54, 1.807) is 11.8 Å². The van der Waals surface area contributed by atoms with Crippen molar-refractivity contribution < 1.29 is 14.4 Å². The van der Waals surface area contributed by atoms with E-state index in [0.717, 1.165) is 31.1 Å². The van der Waals surface area contributed by atoms with Crippen LogP contribution in [0, 0.1) is 5.82 Å². The van der Waals surface area contributed by atoms with Gasteiger partial charge in [0.05, 0.1) is 10.9 Å². The third-order valence-corrected chi connectivity index (χ3v) is 4.47. The topological polar surface area (TPSA) is 87.7 Å². The fraction of sp³-hybridized carbons (Fsp3) is 0.385. The number of thioether (sulfide) groups is 1. The van der Waals surface area contributed by atoms with Gasteiger partial charge in [-0.3, -0.25) is 4.79 Å². The molecule has 1 aromatic rings. The van der Waals surface area contributed by atoms with Crippen molar-refractivity contribution in [3.05, 3.63) is 29.6 Å². The number of anilines is 1. The van der Waals surface area contributed by atoms with Crippen molar-refractivity contribution in [3.63, 3.8) is 0 Å². The zero-order valence-corrected chi connectivity index (χ0v) is 11.6. The normalized spacial score (nSPS) is 19.6. The van der Waals surface area contributed by atoms with Crippen LogP contribution in [0.4, 0.5) is 10.1 Å². The lowest BCUT2D eigenvalue weighted by Gasteiger charge is -2.21. The highest BCUT2D eigenvalue weighted by Gasteiger charge is 2.22. The predicted octanol–water partition coefficient (Wildman–Crippen LogP) is 2.14. The number of rotatable bonds is 3. The van der Waals surface area contributed by atoms with E-state index in [2.05, 4.69) is 10.5 Å². The lowest BCUT2D eigenvalue weighted by atomic mass is 10.1. The SMILES string of the molecule is N/C(=N/O)c1cc(F)ccc1NC(=O)C1CCCCS1. The summed E-state index contributed by atoms with van der Waals surface area (Å²) in [6.07, 6.45) is 2.98. The standard InChI is InChI=1S/C13H16FN3O2S/c14-8-4-5-10(9(7-8)12(15)17-19)16-13(18)11-3-1-2-6-20-11/h4-5,7,11,19H,1-3,6H2,(H2,15,17)(H,16,18). The molecule has 0 saturated carbocycles. The molecular formula is C13H16FN3O2S. The first-order valence-electron chi connectivity index (χ1n) is 6.31. The molecule has 1 unspecified atom stereocenters. The fourth-order valence-corrected chi connectivity index (χ4v) is 3.25. The Morgan fingerprint density at radius 3 is 2.95 bits per heavy atom. The number of oxime groups is 1. The summed E-state index contributed by atoms with van der Waals surface area (Å²) in [5, 5.41) is 14.2. The van der Waals surface area contributed by atoms with Gasteiger partial charge in [0.15, 0.2) is 5.84 Å². The van der Waals surface area contributed by atoms with Crippen molar-refractivity contribution in [2.75, 3.05) is 11.1 Å². The second-order valence-electron chi connectivity index (χ2n) is 4.52. The number of halogens is 1. The predicted molar refractivity (Wildman–Crippen MR) is 77.6 cm³/mol. The van der Waals surface area contributed by atoms with E-state index in [0.29, 0.717) is 5.69 Å². The zero-order valence-electron chi connectivity index (χ0n) is 10.8. The fourth-order valence-electron chi connectivity index (χ4n) is 2.05. The maximum Gasteiger partial charge on any atom is 0.237 e. The largest absolute Gasteiger partial charge is 0.409 e. The summed E-state index contributed by atoms with van der Waals surface area (Å²) in [4.78, 5) is 12.1. The molecule has 0 radical (unpaired) electrons. The quantitative estimate of drug-likeness (QED) is 0.345. The van der Waals surface area contributed by atoms with Crippen molar-refractivity contribution in [3.8, 4) is 0 Å². The molecule has 1 amide bonds. The number of carbonyl (C=O) groups excluding carboxylic acids is 1. The van der Waals surface area contributed by atoms with Gasteiger partial charge in [0.1, 0.15) is 5.82 Å². The molecule has 4 N–H and O–H groups in total.